The highest BCUT2D eigenvalue weighted by Crippen LogP contribution is 2.25. The van der Waals surface area contributed by atoms with Crippen molar-refractivity contribution in [3.63, 3.8) is 0 Å². The smallest absolute Gasteiger partial charge is 0.254 e. The van der Waals surface area contributed by atoms with Crippen molar-refractivity contribution >= 4 is 11.6 Å². The summed E-state index contributed by atoms with van der Waals surface area (Å²) in [7, 11) is 0. The van der Waals surface area contributed by atoms with E-state index in [1.807, 2.05) is 0 Å². The van der Waals surface area contributed by atoms with Crippen molar-refractivity contribution in [3.8, 4) is 0 Å². The van der Waals surface area contributed by atoms with Gasteiger partial charge in [-0.15, -0.1) is 0 Å². The fraction of sp³-hybridized carbons (Fsp3) is 0.500. The minimum absolute atomic E-state index is 0.0451. The van der Waals surface area contributed by atoms with Crippen LogP contribution < -0.4 is 11.1 Å². The van der Waals surface area contributed by atoms with Gasteiger partial charge in [-0.05, 0) is 37.6 Å². The Kier molecular flexibility index (Phi) is 4.37. The topological polar surface area (TPSA) is 58.4 Å². The van der Waals surface area contributed by atoms with Crippen LogP contribution in [-0.2, 0) is 0 Å². The van der Waals surface area contributed by atoms with Crippen molar-refractivity contribution in [1.82, 2.24) is 10.2 Å². The number of nitrogens with zero attached hydrogens (tertiary/aromatic N) is 1. The third-order valence-corrected chi connectivity index (χ3v) is 3.39. The van der Waals surface area contributed by atoms with Crippen molar-refractivity contribution in [2.45, 2.75) is 25.8 Å². The zero-order valence-electron chi connectivity index (χ0n) is 11.2. The van der Waals surface area contributed by atoms with Gasteiger partial charge < -0.3 is 11.1 Å². The lowest BCUT2D eigenvalue weighted by Gasteiger charge is -2.19. The van der Waals surface area contributed by atoms with Crippen LogP contribution in [0.1, 0.15) is 30.1 Å². The number of nitrogens with one attached hydrogen (secondary N) is 1. The molecule has 0 heterocycles. The van der Waals surface area contributed by atoms with Gasteiger partial charge in [0.05, 0.1) is 5.56 Å². The molecule has 0 aromatic heterocycles. The molecule has 2 rings (SSSR count). The summed E-state index contributed by atoms with van der Waals surface area (Å²) >= 11 is 0. The monoisotopic (exact) mass is 265 g/mol. The Morgan fingerprint density at radius 2 is 2.26 bits per heavy atom. The number of carbonyl (C=O) groups is 1. The fourth-order valence-electron chi connectivity index (χ4n) is 2.16. The molecule has 1 aliphatic carbocycles. The molecule has 4 nitrogen and oxygen atoms in total. The number of halogens is 1. The maximum Gasteiger partial charge on any atom is 0.254 e. The molecule has 3 N–H and O–H groups in total. The number of carbonyl (C=O) groups excluding carboxylic acids is 1. The largest absolute Gasteiger partial charge is 0.399 e. The van der Waals surface area contributed by atoms with Crippen molar-refractivity contribution in [1.29, 1.82) is 0 Å². The fourth-order valence-corrected chi connectivity index (χ4v) is 2.16. The van der Waals surface area contributed by atoms with Crippen LogP contribution in [0.15, 0.2) is 18.2 Å². The van der Waals surface area contributed by atoms with E-state index >= 15 is 0 Å². The van der Waals surface area contributed by atoms with Crippen molar-refractivity contribution in [3.05, 3.63) is 29.6 Å². The Morgan fingerprint density at radius 1 is 1.53 bits per heavy atom. The summed E-state index contributed by atoms with van der Waals surface area (Å²) in [6, 6.07) is 4.78. The summed E-state index contributed by atoms with van der Waals surface area (Å²) in [5, 5.41) is 2.75. The van der Waals surface area contributed by atoms with Crippen LogP contribution in [0.5, 0.6) is 0 Å². The van der Waals surface area contributed by atoms with Gasteiger partial charge in [-0.2, -0.15) is 0 Å². The van der Waals surface area contributed by atoms with Gasteiger partial charge in [0.25, 0.3) is 5.91 Å². The lowest BCUT2D eigenvalue weighted by molar-refractivity contribution is 0.0944. The van der Waals surface area contributed by atoms with E-state index in [4.69, 9.17) is 5.73 Å². The van der Waals surface area contributed by atoms with Gasteiger partial charge in [-0.3, -0.25) is 9.69 Å². The Bertz CT molecular complexity index is 460. The molecular weight excluding hydrogens is 245 g/mol. The second-order valence-corrected chi connectivity index (χ2v) is 4.85. The third kappa shape index (κ3) is 3.67. The summed E-state index contributed by atoms with van der Waals surface area (Å²) in [4.78, 5) is 14.2. The molecule has 0 saturated heterocycles. The number of amides is 1. The van der Waals surface area contributed by atoms with E-state index in [2.05, 4.69) is 17.1 Å². The average molecular weight is 265 g/mol. The van der Waals surface area contributed by atoms with Gasteiger partial charge in [0.1, 0.15) is 5.82 Å². The zero-order chi connectivity index (χ0) is 13.8. The van der Waals surface area contributed by atoms with Gasteiger partial charge >= 0.3 is 0 Å². The summed E-state index contributed by atoms with van der Waals surface area (Å²) in [6.45, 7) is 4.44. The molecule has 5 heteroatoms. The Hall–Kier alpha value is -1.62. The molecule has 0 bridgehead atoms. The van der Waals surface area contributed by atoms with Crippen LogP contribution in [0.2, 0.25) is 0 Å². The van der Waals surface area contributed by atoms with Gasteiger partial charge in [-0.25, -0.2) is 4.39 Å². The quantitative estimate of drug-likeness (QED) is 0.768. The van der Waals surface area contributed by atoms with Gasteiger partial charge in [0, 0.05) is 24.8 Å². The highest BCUT2D eigenvalue weighted by molar-refractivity contribution is 5.94. The molecule has 0 radical (unpaired) electrons. The Morgan fingerprint density at radius 3 is 2.84 bits per heavy atom. The predicted octanol–water partition coefficient (Wildman–Crippen LogP) is 1.62. The van der Waals surface area contributed by atoms with Crippen LogP contribution >= 0.6 is 0 Å². The molecule has 0 atom stereocenters. The molecule has 104 valence electrons. The second-order valence-electron chi connectivity index (χ2n) is 4.85. The van der Waals surface area contributed by atoms with Crippen LogP contribution in [0.4, 0.5) is 10.1 Å². The number of nitrogens with two attached hydrogens (primary N) is 1. The lowest BCUT2D eigenvalue weighted by atomic mass is 10.2. The van der Waals surface area contributed by atoms with Gasteiger partial charge in [0.2, 0.25) is 0 Å². The van der Waals surface area contributed by atoms with E-state index in [1.165, 1.54) is 25.0 Å². The molecule has 1 amide bonds. The van der Waals surface area contributed by atoms with Crippen LogP contribution in [0, 0.1) is 5.82 Å². The molecule has 0 aliphatic heterocycles. The predicted molar refractivity (Wildman–Crippen MR) is 73.4 cm³/mol. The van der Waals surface area contributed by atoms with Gasteiger partial charge in [0.15, 0.2) is 0 Å². The van der Waals surface area contributed by atoms with E-state index in [0.717, 1.165) is 19.2 Å². The summed E-state index contributed by atoms with van der Waals surface area (Å²) in [6.07, 6.45) is 2.49. The molecule has 19 heavy (non-hydrogen) atoms. The Labute approximate surface area is 112 Å². The summed E-state index contributed by atoms with van der Waals surface area (Å²) < 4.78 is 13.5. The number of benzene rings is 1. The van der Waals surface area contributed by atoms with E-state index < -0.39 is 5.82 Å². The summed E-state index contributed by atoms with van der Waals surface area (Å²) in [5.74, 6) is -0.962. The first-order valence-corrected chi connectivity index (χ1v) is 6.69. The van der Waals surface area contributed by atoms with Crippen molar-refractivity contribution < 1.29 is 9.18 Å². The lowest BCUT2D eigenvalue weighted by Crippen LogP contribution is -2.36. The molecule has 1 aliphatic rings. The second kappa shape index (κ2) is 6.02. The standard InChI is InChI=1S/C14H20FN3O/c1-2-18(11-4-5-11)8-7-17-14(19)12-6-3-10(16)9-13(12)15/h3,6,9,11H,2,4-5,7-8,16H2,1H3,(H,17,19). The van der Waals surface area contributed by atoms with E-state index in [1.54, 1.807) is 0 Å². The molecule has 1 aromatic rings. The first-order valence-electron chi connectivity index (χ1n) is 6.69. The zero-order valence-corrected chi connectivity index (χ0v) is 11.2. The Balaban J connectivity index is 1.83. The maximum absolute atomic E-state index is 13.5. The number of nitrogen functional groups attached to an aromatic ring is 1. The molecule has 1 saturated carbocycles. The first kappa shape index (κ1) is 13.8. The van der Waals surface area contributed by atoms with Crippen molar-refractivity contribution in [2.24, 2.45) is 0 Å². The minimum atomic E-state index is -0.577. The van der Waals surface area contributed by atoms with E-state index in [-0.39, 0.29) is 11.5 Å². The molecule has 1 aromatic carbocycles. The molecule has 0 unspecified atom stereocenters. The SMILES string of the molecule is CCN(CCNC(=O)c1ccc(N)cc1F)C1CC1. The third-order valence-electron chi connectivity index (χ3n) is 3.39. The van der Waals surface area contributed by atoms with Crippen LogP contribution in [-0.4, -0.2) is 36.5 Å². The average Bonchev–Trinajstić information content (AvgIpc) is 3.18. The van der Waals surface area contributed by atoms with Gasteiger partial charge in [-0.1, -0.05) is 6.92 Å². The summed E-state index contributed by atoms with van der Waals surface area (Å²) in [5.41, 5.74) is 5.81. The normalized spacial score (nSPS) is 14.7. The minimum Gasteiger partial charge on any atom is -0.399 e. The number of likely N-dealkylation sites (N-methyl/N-ethyl adjacent to an activating group) is 1. The maximum atomic E-state index is 13.5. The highest BCUT2D eigenvalue weighted by Gasteiger charge is 2.27. The number of hydrogen-bond donors (Lipinski definition) is 2. The van der Waals surface area contributed by atoms with Crippen LogP contribution in [0.3, 0.4) is 0 Å². The molecule has 1 fully saturated rings. The van der Waals surface area contributed by atoms with Crippen molar-refractivity contribution in [2.75, 3.05) is 25.4 Å². The number of rotatable bonds is 6. The number of hydrogen-bond acceptors (Lipinski definition) is 3. The number of anilines is 1. The highest BCUT2D eigenvalue weighted by atomic mass is 19.1. The molecule has 0 spiro atoms. The van der Waals surface area contributed by atoms with E-state index in [0.29, 0.717) is 18.3 Å². The molecular formula is C14H20FN3O. The van der Waals surface area contributed by atoms with Crippen LogP contribution in [0.25, 0.3) is 0 Å². The van der Waals surface area contributed by atoms with E-state index in [9.17, 15) is 9.18 Å². The first-order chi connectivity index (χ1) is 9.11.